The molecule has 0 aliphatic heterocycles. The minimum Gasteiger partial charge on any atom is -0.508 e. The van der Waals surface area contributed by atoms with Gasteiger partial charge in [-0.15, -0.1) is 11.8 Å². The Bertz CT molecular complexity index is 698. The van der Waals surface area contributed by atoms with E-state index in [-0.39, 0.29) is 28.7 Å². The number of phenolic OH excluding ortho intramolecular Hbond substituents is 1. The number of rotatable bonds is 5. The van der Waals surface area contributed by atoms with Crippen molar-refractivity contribution in [3.8, 4) is 5.75 Å². The molecule has 3 N–H and O–H groups in total. The highest BCUT2D eigenvalue weighted by Gasteiger charge is 2.13. The number of thioether (sulfide) groups is 1. The van der Waals surface area contributed by atoms with Crippen molar-refractivity contribution in [2.45, 2.75) is 11.8 Å². The lowest BCUT2D eigenvalue weighted by atomic mass is 10.1. The molecule has 0 aliphatic carbocycles. The highest BCUT2D eigenvalue weighted by Crippen LogP contribution is 2.23. The molecule has 0 heterocycles. The number of nitrogens with one attached hydrogen (secondary N) is 1. The van der Waals surface area contributed by atoms with E-state index in [9.17, 15) is 14.7 Å². The average molecular weight is 317 g/mol. The van der Waals surface area contributed by atoms with Crippen molar-refractivity contribution < 1.29 is 19.8 Å². The quantitative estimate of drug-likeness (QED) is 0.582. The van der Waals surface area contributed by atoms with E-state index in [4.69, 9.17) is 5.11 Å². The van der Waals surface area contributed by atoms with E-state index in [1.807, 2.05) is 31.2 Å². The van der Waals surface area contributed by atoms with E-state index in [0.29, 0.717) is 0 Å². The van der Waals surface area contributed by atoms with Crippen molar-refractivity contribution >= 4 is 29.3 Å². The highest BCUT2D eigenvalue weighted by atomic mass is 32.2. The van der Waals surface area contributed by atoms with Crippen molar-refractivity contribution in [1.29, 1.82) is 0 Å². The molecular weight excluding hydrogens is 302 g/mol. The number of carboxylic acid groups (broad SMARTS) is 1. The van der Waals surface area contributed by atoms with Crippen LogP contribution in [0.15, 0.2) is 47.4 Å². The van der Waals surface area contributed by atoms with Crippen LogP contribution in [0.4, 0.5) is 5.69 Å². The van der Waals surface area contributed by atoms with Crippen LogP contribution in [0.2, 0.25) is 0 Å². The first-order valence-corrected chi connectivity index (χ1v) is 7.50. The molecule has 114 valence electrons. The topological polar surface area (TPSA) is 86.6 Å². The first-order valence-electron chi connectivity index (χ1n) is 6.51. The molecule has 1 amide bonds. The van der Waals surface area contributed by atoms with Gasteiger partial charge < -0.3 is 15.5 Å². The third-order valence-electron chi connectivity index (χ3n) is 2.90. The number of hydrogen-bond acceptors (Lipinski definition) is 4. The van der Waals surface area contributed by atoms with E-state index >= 15 is 0 Å². The van der Waals surface area contributed by atoms with E-state index in [1.54, 1.807) is 0 Å². The summed E-state index contributed by atoms with van der Waals surface area (Å²) in [7, 11) is 0. The monoisotopic (exact) mass is 317 g/mol. The average Bonchev–Trinajstić information content (AvgIpc) is 2.48. The molecule has 22 heavy (non-hydrogen) atoms. The smallest absolute Gasteiger partial charge is 0.337 e. The summed E-state index contributed by atoms with van der Waals surface area (Å²) in [5, 5.41) is 20.9. The zero-order chi connectivity index (χ0) is 16.1. The summed E-state index contributed by atoms with van der Waals surface area (Å²) in [6.07, 6.45) is 0. The zero-order valence-electron chi connectivity index (χ0n) is 11.9. The second kappa shape index (κ2) is 7.00. The van der Waals surface area contributed by atoms with Crippen LogP contribution in [-0.2, 0) is 4.79 Å². The zero-order valence-corrected chi connectivity index (χ0v) is 12.7. The van der Waals surface area contributed by atoms with Gasteiger partial charge in [-0.25, -0.2) is 4.79 Å². The van der Waals surface area contributed by atoms with Crippen molar-refractivity contribution in [1.82, 2.24) is 0 Å². The second-order valence-electron chi connectivity index (χ2n) is 4.68. The Morgan fingerprint density at radius 2 is 1.82 bits per heavy atom. The number of carbonyl (C=O) groups excluding carboxylic acids is 1. The number of aromatic hydroxyl groups is 1. The number of aromatic carboxylic acids is 1. The Morgan fingerprint density at radius 1 is 1.14 bits per heavy atom. The molecule has 0 aliphatic rings. The molecule has 2 aromatic carbocycles. The molecule has 0 atom stereocenters. The van der Waals surface area contributed by atoms with Gasteiger partial charge in [-0.3, -0.25) is 4.79 Å². The molecule has 5 nitrogen and oxygen atoms in total. The van der Waals surface area contributed by atoms with Crippen LogP contribution in [-0.4, -0.2) is 27.8 Å². The maximum Gasteiger partial charge on any atom is 0.337 e. The fraction of sp³-hybridized carbons (Fsp3) is 0.125. The Balaban J connectivity index is 2.00. The number of benzene rings is 2. The van der Waals surface area contributed by atoms with Gasteiger partial charge in [0.15, 0.2) is 0 Å². The van der Waals surface area contributed by atoms with Crippen LogP contribution < -0.4 is 5.32 Å². The Hall–Kier alpha value is -2.47. The van der Waals surface area contributed by atoms with Crippen LogP contribution in [0.25, 0.3) is 0 Å². The van der Waals surface area contributed by atoms with Gasteiger partial charge in [0.1, 0.15) is 5.75 Å². The maximum absolute atomic E-state index is 11.9. The summed E-state index contributed by atoms with van der Waals surface area (Å²) in [4.78, 5) is 24.0. The third kappa shape index (κ3) is 4.26. The number of hydrogen-bond donors (Lipinski definition) is 3. The number of carbonyl (C=O) groups is 2. The number of phenols is 1. The summed E-state index contributed by atoms with van der Waals surface area (Å²) in [6.45, 7) is 1.99. The number of aryl methyl sites for hydroxylation is 1. The van der Waals surface area contributed by atoms with Gasteiger partial charge in [0.05, 0.1) is 17.0 Å². The first-order chi connectivity index (χ1) is 10.5. The minimum atomic E-state index is -1.21. The van der Waals surface area contributed by atoms with Gasteiger partial charge in [0, 0.05) is 4.90 Å². The number of amides is 1. The normalized spacial score (nSPS) is 10.2. The van der Waals surface area contributed by atoms with Gasteiger partial charge >= 0.3 is 5.97 Å². The molecule has 0 radical (unpaired) electrons. The molecule has 0 aromatic heterocycles. The molecule has 0 bridgehead atoms. The standard InChI is InChI=1S/C16H15NO4S/c1-10-2-5-12(6-3-10)22-9-15(19)17-14-7-4-11(18)8-13(14)16(20)21/h2-8,18H,9H2,1H3,(H,17,19)(H,20,21). The molecule has 2 rings (SSSR count). The molecule has 0 fully saturated rings. The summed E-state index contributed by atoms with van der Waals surface area (Å²) >= 11 is 1.37. The summed E-state index contributed by atoms with van der Waals surface area (Å²) in [5.41, 5.74) is 1.16. The van der Waals surface area contributed by atoms with E-state index in [1.165, 1.54) is 23.9 Å². The van der Waals surface area contributed by atoms with E-state index in [2.05, 4.69) is 5.32 Å². The number of carboxylic acids is 1. The lowest BCUT2D eigenvalue weighted by Gasteiger charge is -2.09. The third-order valence-corrected chi connectivity index (χ3v) is 3.91. The van der Waals surface area contributed by atoms with Gasteiger partial charge in [-0.2, -0.15) is 0 Å². The maximum atomic E-state index is 11.9. The molecule has 0 spiro atoms. The number of anilines is 1. The molecule has 0 saturated heterocycles. The molecule has 0 unspecified atom stereocenters. The van der Waals surface area contributed by atoms with Crippen molar-refractivity contribution in [2.24, 2.45) is 0 Å². The van der Waals surface area contributed by atoms with Crippen molar-refractivity contribution in [3.05, 3.63) is 53.6 Å². The van der Waals surface area contributed by atoms with Crippen LogP contribution >= 0.6 is 11.8 Å². The molecular formula is C16H15NO4S. The highest BCUT2D eigenvalue weighted by molar-refractivity contribution is 8.00. The van der Waals surface area contributed by atoms with Gasteiger partial charge in [-0.1, -0.05) is 17.7 Å². The Kier molecular flexibility index (Phi) is 5.06. The Morgan fingerprint density at radius 3 is 2.45 bits per heavy atom. The van der Waals surface area contributed by atoms with Crippen molar-refractivity contribution in [3.63, 3.8) is 0 Å². The molecule has 2 aromatic rings. The summed E-state index contributed by atoms with van der Waals surface area (Å²) in [6, 6.07) is 11.6. The lowest BCUT2D eigenvalue weighted by Crippen LogP contribution is -2.16. The minimum absolute atomic E-state index is 0.145. The predicted octanol–water partition coefficient (Wildman–Crippen LogP) is 3.13. The van der Waals surface area contributed by atoms with Crippen LogP contribution in [0.1, 0.15) is 15.9 Å². The lowest BCUT2D eigenvalue weighted by molar-refractivity contribution is -0.113. The summed E-state index contributed by atoms with van der Waals surface area (Å²) in [5.74, 6) is -1.51. The molecule has 0 saturated carbocycles. The van der Waals surface area contributed by atoms with Crippen LogP contribution in [0, 0.1) is 6.92 Å². The van der Waals surface area contributed by atoms with Gasteiger partial charge in [0.25, 0.3) is 0 Å². The predicted molar refractivity (Wildman–Crippen MR) is 85.6 cm³/mol. The van der Waals surface area contributed by atoms with Crippen LogP contribution in [0.3, 0.4) is 0 Å². The second-order valence-corrected chi connectivity index (χ2v) is 5.73. The molecule has 6 heteroatoms. The first kappa shape index (κ1) is 15.9. The van der Waals surface area contributed by atoms with Gasteiger partial charge in [0.2, 0.25) is 5.91 Å². The van der Waals surface area contributed by atoms with Crippen LogP contribution in [0.5, 0.6) is 5.75 Å². The van der Waals surface area contributed by atoms with Crippen molar-refractivity contribution in [2.75, 3.05) is 11.1 Å². The largest absolute Gasteiger partial charge is 0.508 e. The SMILES string of the molecule is Cc1ccc(SCC(=O)Nc2ccc(O)cc2C(=O)O)cc1. The summed E-state index contributed by atoms with van der Waals surface area (Å²) < 4.78 is 0. The van der Waals surface area contributed by atoms with E-state index < -0.39 is 5.97 Å². The van der Waals surface area contributed by atoms with E-state index in [0.717, 1.165) is 16.5 Å². The Labute approximate surface area is 132 Å². The fourth-order valence-electron chi connectivity index (χ4n) is 1.79. The fourth-order valence-corrected chi connectivity index (χ4v) is 2.49. The van der Waals surface area contributed by atoms with Gasteiger partial charge in [-0.05, 0) is 37.3 Å².